The molecule has 0 aliphatic carbocycles. The van der Waals surface area contributed by atoms with Crippen LogP contribution in [0, 0.1) is 12.7 Å². The average Bonchev–Trinajstić information content (AvgIpc) is 3.02. The Morgan fingerprint density at radius 2 is 1.97 bits per heavy atom. The summed E-state index contributed by atoms with van der Waals surface area (Å²) < 4.78 is 18.5. The third-order valence-corrected chi connectivity index (χ3v) is 5.63. The fourth-order valence-electron chi connectivity index (χ4n) is 2.92. The third kappa shape index (κ3) is 5.87. The highest BCUT2D eigenvalue weighted by Crippen LogP contribution is 2.33. The van der Waals surface area contributed by atoms with Gasteiger partial charge in [0, 0.05) is 13.6 Å². The molecule has 2 N–H and O–H groups in total. The minimum absolute atomic E-state index is 0.0432. The van der Waals surface area contributed by atoms with E-state index in [2.05, 4.69) is 10.6 Å². The lowest BCUT2D eigenvalue weighted by Crippen LogP contribution is -2.33. The standard InChI is InChI=1S/C21H26FN3O4S/c1-5-25(11-14-8-7-9-15(22)10-14)12-16(26)24-20-17(21(28)29-6-2)13(3)18(30-20)19(27)23-4/h7-10H,5-6,11-12H2,1-4H3,(H,23,27)(H,24,26). The number of esters is 1. The van der Waals surface area contributed by atoms with Gasteiger partial charge in [0.2, 0.25) is 5.91 Å². The molecule has 0 aliphatic rings. The zero-order chi connectivity index (χ0) is 22.3. The molecular weight excluding hydrogens is 409 g/mol. The van der Waals surface area contributed by atoms with Crippen LogP contribution in [0.1, 0.15) is 45.0 Å². The van der Waals surface area contributed by atoms with Gasteiger partial charge < -0.3 is 15.4 Å². The summed E-state index contributed by atoms with van der Waals surface area (Å²) in [5.41, 5.74) is 1.40. The van der Waals surface area contributed by atoms with Gasteiger partial charge in [0.1, 0.15) is 10.8 Å². The summed E-state index contributed by atoms with van der Waals surface area (Å²) in [4.78, 5) is 39.4. The Balaban J connectivity index is 2.19. The number of hydrogen-bond acceptors (Lipinski definition) is 6. The number of hydrogen-bond donors (Lipinski definition) is 2. The van der Waals surface area contributed by atoms with Gasteiger partial charge in [-0.1, -0.05) is 19.1 Å². The maximum Gasteiger partial charge on any atom is 0.341 e. The maximum atomic E-state index is 13.4. The van der Waals surface area contributed by atoms with E-state index in [0.29, 0.717) is 23.5 Å². The molecule has 0 saturated carbocycles. The topological polar surface area (TPSA) is 87.7 Å². The van der Waals surface area contributed by atoms with E-state index in [1.807, 2.05) is 11.8 Å². The lowest BCUT2D eigenvalue weighted by atomic mass is 10.1. The van der Waals surface area contributed by atoms with Crippen molar-refractivity contribution in [3.63, 3.8) is 0 Å². The summed E-state index contributed by atoms with van der Waals surface area (Å²) in [6.07, 6.45) is 0. The second kappa shape index (κ2) is 10.8. The van der Waals surface area contributed by atoms with Crippen LogP contribution < -0.4 is 10.6 Å². The lowest BCUT2D eigenvalue weighted by molar-refractivity contribution is -0.117. The fraction of sp³-hybridized carbons (Fsp3) is 0.381. The summed E-state index contributed by atoms with van der Waals surface area (Å²) in [7, 11) is 1.50. The first-order valence-corrected chi connectivity index (χ1v) is 10.4. The van der Waals surface area contributed by atoms with Gasteiger partial charge in [-0.3, -0.25) is 14.5 Å². The summed E-state index contributed by atoms with van der Waals surface area (Å²) in [5, 5.41) is 5.54. The molecule has 0 unspecified atom stereocenters. The van der Waals surface area contributed by atoms with E-state index in [-0.39, 0.29) is 41.3 Å². The Morgan fingerprint density at radius 3 is 2.57 bits per heavy atom. The van der Waals surface area contributed by atoms with Gasteiger partial charge in [0.15, 0.2) is 0 Å². The van der Waals surface area contributed by atoms with Crippen LogP contribution in [0.5, 0.6) is 0 Å². The molecule has 1 aromatic heterocycles. The lowest BCUT2D eigenvalue weighted by Gasteiger charge is -2.20. The summed E-state index contributed by atoms with van der Waals surface area (Å²) in [6.45, 7) is 6.42. The number of anilines is 1. The van der Waals surface area contributed by atoms with Crippen molar-refractivity contribution in [3.05, 3.63) is 51.7 Å². The highest BCUT2D eigenvalue weighted by molar-refractivity contribution is 7.18. The average molecular weight is 436 g/mol. The third-order valence-electron chi connectivity index (χ3n) is 4.42. The number of benzene rings is 1. The van der Waals surface area contributed by atoms with Crippen molar-refractivity contribution in [2.45, 2.75) is 27.3 Å². The molecule has 0 spiro atoms. The number of amides is 2. The molecule has 30 heavy (non-hydrogen) atoms. The van der Waals surface area contributed by atoms with Crippen LogP contribution in [0.3, 0.4) is 0 Å². The zero-order valence-electron chi connectivity index (χ0n) is 17.5. The monoisotopic (exact) mass is 435 g/mol. The number of rotatable bonds is 9. The van der Waals surface area contributed by atoms with Gasteiger partial charge in [-0.25, -0.2) is 9.18 Å². The Bertz CT molecular complexity index is 929. The first-order valence-electron chi connectivity index (χ1n) is 9.59. The second-order valence-electron chi connectivity index (χ2n) is 6.54. The van der Waals surface area contributed by atoms with Gasteiger partial charge in [-0.15, -0.1) is 11.3 Å². The minimum Gasteiger partial charge on any atom is -0.462 e. The Morgan fingerprint density at radius 1 is 1.23 bits per heavy atom. The molecule has 1 heterocycles. The van der Waals surface area contributed by atoms with Crippen LogP contribution in [0.15, 0.2) is 24.3 Å². The van der Waals surface area contributed by atoms with E-state index < -0.39 is 5.97 Å². The Hall–Kier alpha value is -2.78. The number of likely N-dealkylation sites (N-methyl/N-ethyl adjacent to an activating group) is 1. The number of carbonyl (C=O) groups excluding carboxylic acids is 3. The van der Waals surface area contributed by atoms with E-state index in [0.717, 1.165) is 16.9 Å². The molecule has 0 aliphatic heterocycles. The summed E-state index contributed by atoms with van der Waals surface area (Å²) >= 11 is 1.03. The van der Waals surface area contributed by atoms with E-state index >= 15 is 0 Å². The highest BCUT2D eigenvalue weighted by Gasteiger charge is 2.26. The number of thiophene rings is 1. The molecule has 0 saturated heterocycles. The van der Waals surface area contributed by atoms with Crippen molar-refractivity contribution in [1.29, 1.82) is 0 Å². The Kier molecular flexibility index (Phi) is 8.49. The number of carbonyl (C=O) groups is 3. The largest absolute Gasteiger partial charge is 0.462 e. The minimum atomic E-state index is -0.594. The van der Waals surface area contributed by atoms with E-state index in [1.54, 1.807) is 26.0 Å². The number of nitrogens with one attached hydrogen (secondary N) is 2. The van der Waals surface area contributed by atoms with Crippen LogP contribution in [-0.2, 0) is 16.1 Å². The van der Waals surface area contributed by atoms with Crippen LogP contribution in [0.25, 0.3) is 0 Å². The van der Waals surface area contributed by atoms with Crippen LogP contribution >= 0.6 is 11.3 Å². The molecule has 162 valence electrons. The SMILES string of the molecule is CCOC(=O)c1c(NC(=O)CN(CC)Cc2cccc(F)c2)sc(C(=O)NC)c1C. The van der Waals surface area contributed by atoms with Gasteiger partial charge in [-0.05, 0) is 43.7 Å². The maximum absolute atomic E-state index is 13.4. The molecular formula is C21H26FN3O4S. The molecule has 1 aromatic carbocycles. The van der Waals surface area contributed by atoms with Crippen molar-refractivity contribution >= 4 is 34.1 Å². The molecule has 9 heteroatoms. The van der Waals surface area contributed by atoms with Gasteiger partial charge in [0.05, 0.1) is 23.6 Å². The molecule has 7 nitrogen and oxygen atoms in total. The van der Waals surface area contributed by atoms with Crippen molar-refractivity contribution in [1.82, 2.24) is 10.2 Å². The van der Waals surface area contributed by atoms with Gasteiger partial charge in [-0.2, -0.15) is 0 Å². The first kappa shape index (κ1) is 23.5. The zero-order valence-corrected chi connectivity index (χ0v) is 18.3. The summed E-state index contributed by atoms with van der Waals surface area (Å²) in [5.74, 6) is -1.61. The predicted molar refractivity (Wildman–Crippen MR) is 114 cm³/mol. The fourth-order valence-corrected chi connectivity index (χ4v) is 4.08. The molecule has 2 amide bonds. The Labute approximate surface area is 179 Å². The summed E-state index contributed by atoms with van der Waals surface area (Å²) in [6, 6.07) is 6.21. The molecule has 0 bridgehead atoms. The highest BCUT2D eigenvalue weighted by atomic mass is 32.1. The van der Waals surface area contributed by atoms with Crippen molar-refractivity contribution in [2.75, 3.05) is 32.1 Å². The van der Waals surface area contributed by atoms with Crippen molar-refractivity contribution in [2.24, 2.45) is 0 Å². The number of nitrogens with zero attached hydrogens (tertiary/aromatic N) is 1. The normalized spacial score (nSPS) is 10.7. The molecule has 0 radical (unpaired) electrons. The van der Waals surface area contributed by atoms with E-state index in [4.69, 9.17) is 4.74 Å². The van der Waals surface area contributed by atoms with Gasteiger partial charge >= 0.3 is 5.97 Å². The smallest absolute Gasteiger partial charge is 0.341 e. The van der Waals surface area contributed by atoms with Gasteiger partial charge in [0.25, 0.3) is 5.91 Å². The molecule has 2 aromatic rings. The second-order valence-corrected chi connectivity index (χ2v) is 7.56. The van der Waals surface area contributed by atoms with Crippen LogP contribution in [-0.4, -0.2) is 49.4 Å². The van der Waals surface area contributed by atoms with Crippen LogP contribution in [0.4, 0.5) is 9.39 Å². The molecule has 0 atom stereocenters. The van der Waals surface area contributed by atoms with Crippen molar-refractivity contribution in [3.8, 4) is 0 Å². The first-order chi connectivity index (χ1) is 14.3. The quantitative estimate of drug-likeness (QED) is 0.591. The molecule has 0 fully saturated rings. The predicted octanol–water partition coefficient (Wildman–Crippen LogP) is 3.19. The number of halogens is 1. The van der Waals surface area contributed by atoms with Crippen molar-refractivity contribution < 1.29 is 23.5 Å². The van der Waals surface area contributed by atoms with E-state index in [1.165, 1.54) is 19.2 Å². The molecule has 2 rings (SSSR count). The van der Waals surface area contributed by atoms with Crippen LogP contribution in [0.2, 0.25) is 0 Å². The van der Waals surface area contributed by atoms with E-state index in [9.17, 15) is 18.8 Å². The number of ether oxygens (including phenoxy) is 1.